The summed E-state index contributed by atoms with van der Waals surface area (Å²) < 4.78 is 6.19. The second-order valence-electron chi connectivity index (χ2n) is 5.38. The molecule has 0 bridgehead atoms. The first kappa shape index (κ1) is 15.7. The molecule has 0 aromatic heterocycles. The van der Waals surface area contributed by atoms with E-state index < -0.39 is 0 Å². The van der Waals surface area contributed by atoms with Crippen LogP contribution in [0.25, 0.3) is 0 Å². The third-order valence-corrected chi connectivity index (χ3v) is 3.57. The van der Waals surface area contributed by atoms with Crippen molar-refractivity contribution in [2.24, 2.45) is 0 Å². The van der Waals surface area contributed by atoms with Crippen LogP contribution in [0.3, 0.4) is 0 Å². The summed E-state index contributed by atoms with van der Waals surface area (Å²) in [7, 11) is 2.15. The van der Waals surface area contributed by atoms with Crippen LogP contribution in [-0.2, 0) is 4.74 Å². The molecule has 0 radical (unpaired) electrons. The molecular formula is C19H25NO. The van der Waals surface area contributed by atoms with Gasteiger partial charge in [0.05, 0.1) is 6.61 Å². The molecule has 0 spiro atoms. The molecule has 0 heterocycles. The van der Waals surface area contributed by atoms with Gasteiger partial charge in [0.25, 0.3) is 0 Å². The monoisotopic (exact) mass is 283 g/mol. The highest BCUT2D eigenvalue weighted by molar-refractivity contribution is 5.29. The van der Waals surface area contributed by atoms with Gasteiger partial charge in [0, 0.05) is 6.54 Å². The molecule has 0 N–H and O–H groups in total. The van der Waals surface area contributed by atoms with E-state index in [0.717, 1.165) is 19.7 Å². The van der Waals surface area contributed by atoms with Crippen LogP contribution >= 0.6 is 0 Å². The Balaban J connectivity index is 2.04. The van der Waals surface area contributed by atoms with Crippen LogP contribution in [0.1, 0.15) is 30.6 Å². The molecule has 2 nitrogen and oxygen atoms in total. The standard InChI is InChI=1S/C19H25NO/c1-3-14-20(2)15-16-21-19(17-10-6-4-7-11-17)18-12-8-5-9-13-18/h4-13,19H,3,14-16H2,1-2H3. The van der Waals surface area contributed by atoms with Crippen LogP contribution in [0.15, 0.2) is 60.7 Å². The number of hydrogen-bond donors (Lipinski definition) is 0. The SMILES string of the molecule is CCCN(C)CCOC(c1ccccc1)c1ccccc1. The van der Waals surface area contributed by atoms with Gasteiger partial charge in [0.15, 0.2) is 0 Å². The van der Waals surface area contributed by atoms with Gasteiger partial charge in [-0.1, -0.05) is 67.6 Å². The lowest BCUT2D eigenvalue weighted by Crippen LogP contribution is -2.24. The van der Waals surface area contributed by atoms with E-state index in [0.29, 0.717) is 0 Å². The molecule has 0 saturated carbocycles. The Morgan fingerprint density at radius 2 is 1.38 bits per heavy atom. The highest BCUT2D eigenvalue weighted by Crippen LogP contribution is 2.25. The number of likely N-dealkylation sites (N-methyl/N-ethyl adjacent to an activating group) is 1. The van der Waals surface area contributed by atoms with E-state index in [9.17, 15) is 0 Å². The summed E-state index contributed by atoms with van der Waals surface area (Å²) >= 11 is 0. The van der Waals surface area contributed by atoms with Crippen molar-refractivity contribution < 1.29 is 4.74 Å². The van der Waals surface area contributed by atoms with E-state index in [4.69, 9.17) is 4.74 Å². The number of benzene rings is 2. The highest BCUT2D eigenvalue weighted by atomic mass is 16.5. The van der Waals surface area contributed by atoms with E-state index in [1.54, 1.807) is 0 Å². The van der Waals surface area contributed by atoms with Crippen LogP contribution in [0.4, 0.5) is 0 Å². The largest absolute Gasteiger partial charge is 0.367 e. The van der Waals surface area contributed by atoms with Gasteiger partial charge < -0.3 is 9.64 Å². The Hall–Kier alpha value is -1.64. The van der Waals surface area contributed by atoms with E-state index in [1.165, 1.54) is 17.5 Å². The van der Waals surface area contributed by atoms with Crippen molar-refractivity contribution in [1.29, 1.82) is 0 Å². The van der Waals surface area contributed by atoms with Crippen molar-refractivity contribution in [3.05, 3.63) is 71.8 Å². The number of nitrogens with zero attached hydrogens (tertiary/aromatic N) is 1. The first-order valence-corrected chi connectivity index (χ1v) is 7.71. The molecule has 0 atom stereocenters. The van der Waals surface area contributed by atoms with Crippen LogP contribution < -0.4 is 0 Å². The minimum atomic E-state index is 0.0161. The van der Waals surface area contributed by atoms with Crippen molar-refractivity contribution in [2.45, 2.75) is 19.4 Å². The second kappa shape index (κ2) is 8.60. The molecule has 2 rings (SSSR count). The summed E-state index contributed by atoms with van der Waals surface area (Å²) in [5.41, 5.74) is 2.42. The van der Waals surface area contributed by atoms with E-state index in [-0.39, 0.29) is 6.10 Å². The summed E-state index contributed by atoms with van der Waals surface area (Å²) in [6.07, 6.45) is 1.19. The molecule has 2 heteroatoms. The summed E-state index contributed by atoms with van der Waals surface area (Å²) in [5, 5.41) is 0. The van der Waals surface area contributed by atoms with Crippen molar-refractivity contribution in [3.63, 3.8) is 0 Å². The third kappa shape index (κ3) is 5.00. The molecule has 0 aliphatic heterocycles. The average Bonchev–Trinajstić information content (AvgIpc) is 2.53. The van der Waals surface area contributed by atoms with Crippen LogP contribution in [0.2, 0.25) is 0 Å². The fourth-order valence-corrected chi connectivity index (χ4v) is 2.46. The zero-order valence-electron chi connectivity index (χ0n) is 13.0. The summed E-state index contributed by atoms with van der Waals surface area (Å²) in [4.78, 5) is 2.31. The van der Waals surface area contributed by atoms with Gasteiger partial charge in [-0.25, -0.2) is 0 Å². The van der Waals surface area contributed by atoms with Gasteiger partial charge in [-0.15, -0.1) is 0 Å². The molecule has 2 aromatic rings. The lowest BCUT2D eigenvalue weighted by molar-refractivity contribution is 0.0648. The van der Waals surface area contributed by atoms with Crippen LogP contribution in [0.5, 0.6) is 0 Å². The van der Waals surface area contributed by atoms with Crippen molar-refractivity contribution in [1.82, 2.24) is 4.90 Å². The van der Waals surface area contributed by atoms with Gasteiger partial charge in [-0.05, 0) is 31.1 Å². The summed E-state index contributed by atoms with van der Waals surface area (Å²) in [5.74, 6) is 0. The Bertz CT molecular complexity index is 458. The Morgan fingerprint density at radius 1 is 0.857 bits per heavy atom. The molecular weight excluding hydrogens is 258 g/mol. The number of ether oxygens (including phenoxy) is 1. The van der Waals surface area contributed by atoms with E-state index in [2.05, 4.69) is 67.4 Å². The predicted molar refractivity (Wildman–Crippen MR) is 88.5 cm³/mol. The van der Waals surface area contributed by atoms with E-state index in [1.807, 2.05) is 12.1 Å². The maximum absolute atomic E-state index is 6.19. The molecule has 2 aromatic carbocycles. The smallest absolute Gasteiger partial charge is 0.108 e. The topological polar surface area (TPSA) is 12.5 Å². The zero-order chi connectivity index (χ0) is 14.9. The van der Waals surface area contributed by atoms with Crippen LogP contribution in [0, 0.1) is 0 Å². The quantitative estimate of drug-likeness (QED) is 0.722. The summed E-state index contributed by atoms with van der Waals surface area (Å²) in [6, 6.07) is 20.9. The van der Waals surface area contributed by atoms with Crippen molar-refractivity contribution in [3.8, 4) is 0 Å². The first-order chi connectivity index (χ1) is 10.3. The van der Waals surface area contributed by atoms with Crippen molar-refractivity contribution >= 4 is 0 Å². The second-order valence-corrected chi connectivity index (χ2v) is 5.38. The van der Waals surface area contributed by atoms with E-state index >= 15 is 0 Å². The third-order valence-electron chi connectivity index (χ3n) is 3.57. The number of hydrogen-bond acceptors (Lipinski definition) is 2. The average molecular weight is 283 g/mol. The fraction of sp³-hybridized carbons (Fsp3) is 0.368. The molecule has 0 unspecified atom stereocenters. The minimum absolute atomic E-state index is 0.0161. The Kier molecular flexibility index (Phi) is 6.45. The lowest BCUT2D eigenvalue weighted by atomic mass is 10.0. The minimum Gasteiger partial charge on any atom is -0.367 e. The molecule has 0 amide bonds. The normalized spacial score (nSPS) is 11.2. The molecule has 112 valence electrons. The van der Waals surface area contributed by atoms with Crippen molar-refractivity contribution in [2.75, 3.05) is 26.7 Å². The molecule has 0 saturated heterocycles. The zero-order valence-corrected chi connectivity index (χ0v) is 13.0. The van der Waals surface area contributed by atoms with Gasteiger partial charge in [-0.2, -0.15) is 0 Å². The van der Waals surface area contributed by atoms with Crippen LogP contribution in [-0.4, -0.2) is 31.6 Å². The molecule has 0 aliphatic rings. The summed E-state index contributed by atoms with van der Waals surface area (Å²) in [6.45, 7) is 5.02. The van der Waals surface area contributed by atoms with Gasteiger partial charge in [0.1, 0.15) is 6.10 Å². The first-order valence-electron chi connectivity index (χ1n) is 7.71. The maximum atomic E-state index is 6.19. The number of rotatable bonds is 8. The Morgan fingerprint density at radius 3 is 1.86 bits per heavy atom. The van der Waals surface area contributed by atoms with Gasteiger partial charge in [0.2, 0.25) is 0 Å². The maximum Gasteiger partial charge on any atom is 0.108 e. The molecule has 0 aliphatic carbocycles. The molecule has 0 fully saturated rings. The molecule has 21 heavy (non-hydrogen) atoms. The van der Waals surface area contributed by atoms with Gasteiger partial charge >= 0.3 is 0 Å². The fourth-order valence-electron chi connectivity index (χ4n) is 2.46. The van der Waals surface area contributed by atoms with Gasteiger partial charge in [-0.3, -0.25) is 0 Å². The Labute approximate surface area is 128 Å². The highest BCUT2D eigenvalue weighted by Gasteiger charge is 2.14. The lowest BCUT2D eigenvalue weighted by Gasteiger charge is -2.21. The predicted octanol–water partition coefficient (Wildman–Crippen LogP) is 4.13.